The van der Waals surface area contributed by atoms with E-state index in [0.717, 1.165) is 0 Å². The average Bonchev–Trinajstić information content (AvgIpc) is 2.60. The molecular weight excluding hydrogens is 233 g/mol. The summed E-state index contributed by atoms with van der Waals surface area (Å²) in [5.74, 6) is -0.492. The van der Waals surface area contributed by atoms with Gasteiger partial charge in [0.2, 0.25) is 5.82 Å². The molecule has 96 valence electrons. The topological polar surface area (TPSA) is 34.0 Å². The Morgan fingerprint density at radius 2 is 1.94 bits per heavy atom. The van der Waals surface area contributed by atoms with Crippen LogP contribution >= 0.6 is 0 Å². The summed E-state index contributed by atoms with van der Waals surface area (Å²) in [6.45, 7) is 6.81. The summed E-state index contributed by atoms with van der Waals surface area (Å²) in [7, 11) is 0. The molecule has 0 bridgehead atoms. The van der Waals surface area contributed by atoms with Gasteiger partial charge in [0, 0.05) is 18.6 Å². The fraction of sp³-hybridized carbons (Fsp3) is 0.800. The van der Waals surface area contributed by atoms with Crippen LogP contribution in [-0.2, 0) is 12.7 Å². The minimum Gasteiger partial charge on any atom is -0.302 e. The first-order valence-corrected chi connectivity index (χ1v) is 5.55. The maximum atomic E-state index is 12.7. The van der Waals surface area contributed by atoms with Crippen molar-refractivity contribution >= 4 is 0 Å². The molecule has 0 spiro atoms. The monoisotopic (exact) mass is 248 g/mol. The second kappa shape index (κ2) is 3.97. The Morgan fingerprint density at radius 1 is 1.29 bits per heavy atom. The van der Waals surface area contributed by atoms with Crippen LogP contribution in [0.2, 0.25) is 0 Å². The van der Waals surface area contributed by atoms with Crippen molar-refractivity contribution < 1.29 is 13.2 Å². The van der Waals surface area contributed by atoms with E-state index in [2.05, 4.69) is 15.1 Å². The summed E-state index contributed by atoms with van der Waals surface area (Å²) in [5, 5.41) is 6.93. The lowest BCUT2D eigenvalue weighted by molar-refractivity contribution is -0.148. The largest absolute Gasteiger partial charge is 0.451 e. The summed E-state index contributed by atoms with van der Waals surface area (Å²) >= 11 is 0. The number of halogens is 3. The minimum atomic E-state index is -4.43. The van der Waals surface area contributed by atoms with Crippen molar-refractivity contribution in [3.63, 3.8) is 0 Å². The van der Waals surface area contributed by atoms with Gasteiger partial charge >= 0.3 is 6.18 Å². The first-order chi connectivity index (χ1) is 7.80. The standard InChI is InChI=1S/C10H15F3N4/c1-6(2)16-4-7(3)17-8(5-16)14-15-9(17)10(11,12)13/h6-7H,4-5H2,1-3H3. The first kappa shape index (κ1) is 12.3. The van der Waals surface area contributed by atoms with Gasteiger partial charge in [-0.1, -0.05) is 0 Å². The van der Waals surface area contributed by atoms with Gasteiger partial charge < -0.3 is 4.57 Å². The quantitative estimate of drug-likeness (QED) is 0.763. The molecule has 1 aliphatic rings. The van der Waals surface area contributed by atoms with Crippen molar-refractivity contribution in [1.82, 2.24) is 19.7 Å². The number of nitrogens with zero attached hydrogens (tertiary/aromatic N) is 4. The number of rotatable bonds is 1. The van der Waals surface area contributed by atoms with Crippen molar-refractivity contribution in [2.45, 2.75) is 45.6 Å². The SMILES string of the molecule is CC(C)N1Cc2nnc(C(F)(F)F)n2C(C)C1. The maximum absolute atomic E-state index is 12.7. The Bertz CT molecular complexity index is 410. The molecule has 2 heterocycles. The van der Waals surface area contributed by atoms with Gasteiger partial charge in [-0.25, -0.2) is 0 Å². The van der Waals surface area contributed by atoms with Gasteiger partial charge in [-0.05, 0) is 20.8 Å². The van der Waals surface area contributed by atoms with Crippen molar-refractivity contribution in [3.05, 3.63) is 11.6 Å². The van der Waals surface area contributed by atoms with Crippen molar-refractivity contribution in [3.8, 4) is 0 Å². The Hall–Kier alpha value is -1.11. The lowest BCUT2D eigenvalue weighted by atomic mass is 10.2. The van der Waals surface area contributed by atoms with Crippen LogP contribution in [0, 0.1) is 0 Å². The van der Waals surface area contributed by atoms with Crippen LogP contribution in [0.25, 0.3) is 0 Å². The van der Waals surface area contributed by atoms with Crippen molar-refractivity contribution in [2.24, 2.45) is 0 Å². The molecule has 0 aliphatic carbocycles. The highest BCUT2D eigenvalue weighted by molar-refractivity contribution is 5.05. The summed E-state index contributed by atoms with van der Waals surface area (Å²) in [6.07, 6.45) is -4.43. The summed E-state index contributed by atoms with van der Waals surface area (Å²) < 4.78 is 39.3. The van der Waals surface area contributed by atoms with E-state index >= 15 is 0 Å². The molecule has 0 amide bonds. The molecule has 2 rings (SSSR count). The molecule has 0 radical (unpaired) electrons. The Labute approximate surface area is 97.4 Å². The molecular formula is C10H15F3N4. The molecule has 0 aromatic carbocycles. The van der Waals surface area contributed by atoms with Gasteiger partial charge in [0.15, 0.2) is 0 Å². The van der Waals surface area contributed by atoms with E-state index in [1.54, 1.807) is 6.92 Å². The highest BCUT2D eigenvalue weighted by Gasteiger charge is 2.41. The molecule has 17 heavy (non-hydrogen) atoms. The van der Waals surface area contributed by atoms with Crippen LogP contribution in [0.15, 0.2) is 0 Å². The molecule has 1 aromatic heterocycles. The zero-order chi connectivity index (χ0) is 12.8. The van der Waals surface area contributed by atoms with E-state index in [1.807, 2.05) is 13.8 Å². The minimum absolute atomic E-state index is 0.257. The zero-order valence-corrected chi connectivity index (χ0v) is 9.99. The predicted molar refractivity (Wildman–Crippen MR) is 55.3 cm³/mol. The van der Waals surface area contributed by atoms with E-state index < -0.39 is 12.0 Å². The van der Waals surface area contributed by atoms with Gasteiger partial charge in [-0.3, -0.25) is 4.90 Å². The normalized spacial score (nSPS) is 21.9. The van der Waals surface area contributed by atoms with Crippen molar-refractivity contribution in [1.29, 1.82) is 0 Å². The molecule has 1 aliphatic heterocycles. The molecule has 0 saturated heterocycles. The smallest absolute Gasteiger partial charge is 0.302 e. The lowest BCUT2D eigenvalue weighted by Crippen LogP contribution is -2.41. The fourth-order valence-corrected chi connectivity index (χ4v) is 2.15. The highest BCUT2D eigenvalue weighted by Crippen LogP contribution is 2.32. The number of aromatic nitrogens is 3. The molecule has 4 nitrogen and oxygen atoms in total. The molecule has 1 atom stereocenters. The molecule has 0 N–H and O–H groups in total. The third kappa shape index (κ3) is 2.15. The molecule has 1 aromatic rings. The van der Waals surface area contributed by atoms with Crippen LogP contribution in [0.5, 0.6) is 0 Å². The Kier molecular flexibility index (Phi) is 2.89. The van der Waals surface area contributed by atoms with E-state index in [0.29, 0.717) is 18.9 Å². The molecule has 7 heteroatoms. The van der Waals surface area contributed by atoms with Crippen LogP contribution in [-0.4, -0.2) is 32.3 Å². The Morgan fingerprint density at radius 3 is 2.47 bits per heavy atom. The number of hydrogen-bond acceptors (Lipinski definition) is 3. The molecule has 0 saturated carbocycles. The van der Waals surface area contributed by atoms with Gasteiger partial charge in [0.25, 0.3) is 0 Å². The van der Waals surface area contributed by atoms with Gasteiger partial charge in [0.1, 0.15) is 5.82 Å². The van der Waals surface area contributed by atoms with Crippen LogP contribution in [0.4, 0.5) is 13.2 Å². The van der Waals surface area contributed by atoms with E-state index in [1.165, 1.54) is 4.57 Å². The maximum Gasteiger partial charge on any atom is 0.451 e. The first-order valence-electron chi connectivity index (χ1n) is 5.55. The fourth-order valence-electron chi connectivity index (χ4n) is 2.15. The second-order valence-corrected chi connectivity index (χ2v) is 4.68. The van der Waals surface area contributed by atoms with Gasteiger partial charge in [0.05, 0.1) is 6.54 Å². The third-order valence-corrected chi connectivity index (χ3v) is 3.03. The Balaban J connectivity index is 2.37. The molecule has 0 fully saturated rings. The van der Waals surface area contributed by atoms with Crippen LogP contribution in [0.1, 0.15) is 38.5 Å². The van der Waals surface area contributed by atoms with Gasteiger partial charge in [-0.2, -0.15) is 13.2 Å². The van der Waals surface area contributed by atoms with Gasteiger partial charge in [-0.15, -0.1) is 10.2 Å². The number of fused-ring (bicyclic) bond motifs is 1. The third-order valence-electron chi connectivity index (χ3n) is 3.03. The average molecular weight is 248 g/mol. The summed E-state index contributed by atoms with van der Waals surface area (Å²) in [4.78, 5) is 2.09. The lowest BCUT2D eigenvalue weighted by Gasteiger charge is -2.35. The van der Waals surface area contributed by atoms with Crippen molar-refractivity contribution in [2.75, 3.05) is 6.54 Å². The van der Waals surface area contributed by atoms with E-state index in [-0.39, 0.29) is 12.1 Å². The highest BCUT2D eigenvalue weighted by atomic mass is 19.4. The number of alkyl halides is 3. The van der Waals surface area contributed by atoms with E-state index in [4.69, 9.17) is 0 Å². The summed E-state index contributed by atoms with van der Waals surface area (Å²) in [6, 6.07) is 0.0324. The predicted octanol–water partition coefficient (Wildman–Crippen LogP) is 2.08. The summed E-state index contributed by atoms with van der Waals surface area (Å²) in [5.41, 5.74) is 0. The number of hydrogen-bond donors (Lipinski definition) is 0. The van der Waals surface area contributed by atoms with Crippen LogP contribution in [0.3, 0.4) is 0 Å². The van der Waals surface area contributed by atoms with Crippen LogP contribution < -0.4 is 0 Å². The van der Waals surface area contributed by atoms with E-state index in [9.17, 15) is 13.2 Å². The second-order valence-electron chi connectivity index (χ2n) is 4.68. The molecule has 1 unspecified atom stereocenters. The zero-order valence-electron chi connectivity index (χ0n) is 9.99.